The summed E-state index contributed by atoms with van der Waals surface area (Å²) in [6.07, 6.45) is 2.25. The van der Waals surface area contributed by atoms with Crippen LogP contribution in [-0.2, 0) is 11.8 Å². The minimum atomic E-state index is 0.240. The summed E-state index contributed by atoms with van der Waals surface area (Å²) in [7, 11) is 0. The van der Waals surface area contributed by atoms with Crippen LogP contribution in [0, 0.1) is 5.92 Å². The molecule has 0 heterocycles. The topological polar surface area (TPSA) is 26.0 Å². The van der Waals surface area contributed by atoms with Crippen LogP contribution in [0.1, 0.15) is 52.2 Å². The van der Waals surface area contributed by atoms with E-state index in [4.69, 9.17) is 5.73 Å². The summed E-state index contributed by atoms with van der Waals surface area (Å²) in [6, 6.07) is 9.30. The summed E-state index contributed by atoms with van der Waals surface area (Å²) in [5.41, 5.74) is 9.04. The van der Waals surface area contributed by atoms with Crippen LogP contribution in [0.2, 0.25) is 0 Å². The molecule has 2 unspecified atom stereocenters. The number of hydrogen-bond acceptors (Lipinski definition) is 1. The molecule has 1 aromatic rings. The molecule has 2 atom stereocenters. The minimum Gasteiger partial charge on any atom is -0.328 e. The fourth-order valence-electron chi connectivity index (χ4n) is 2.15. The first-order valence-corrected chi connectivity index (χ1v) is 6.69. The van der Waals surface area contributed by atoms with Crippen LogP contribution in [0.25, 0.3) is 0 Å². The van der Waals surface area contributed by atoms with E-state index in [1.54, 1.807) is 0 Å². The van der Waals surface area contributed by atoms with Crippen molar-refractivity contribution in [2.75, 3.05) is 0 Å². The van der Waals surface area contributed by atoms with Crippen molar-refractivity contribution in [3.63, 3.8) is 0 Å². The van der Waals surface area contributed by atoms with E-state index in [9.17, 15) is 0 Å². The molecule has 0 fully saturated rings. The van der Waals surface area contributed by atoms with Gasteiger partial charge in [0.15, 0.2) is 0 Å². The number of rotatable bonds is 4. The Morgan fingerprint density at radius 3 is 2.00 bits per heavy atom. The molecule has 96 valence electrons. The molecular formula is C16H27N. The van der Waals surface area contributed by atoms with E-state index < -0.39 is 0 Å². The Balaban J connectivity index is 2.75. The summed E-state index contributed by atoms with van der Waals surface area (Å²) in [4.78, 5) is 0. The molecule has 2 N–H and O–H groups in total. The van der Waals surface area contributed by atoms with Crippen LogP contribution in [0.5, 0.6) is 0 Å². The molecule has 0 radical (unpaired) electrons. The Labute approximate surface area is 106 Å². The van der Waals surface area contributed by atoms with Gasteiger partial charge in [0.25, 0.3) is 0 Å². The third-order valence-corrected chi connectivity index (χ3v) is 3.59. The predicted octanol–water partition coefficient (Wildman–Crippen LogP) is 3.90. The number of nitrogens with two attached hydrogens (primary N) is 1. The van der Waals surface area contributed by atoms with Crippen molar-refractivity contribution in [2.24, 2.45) is 11.7 Å². The Hall–Kier alpha value is -0.820. The zero-order chi connectivity index (χ0) is 13.1. The maximum Gasteiger partial charge on any atom is 0.00418 e. The van der Waals surface area contributed by atoms with Gasteiger partial charge in [-0.25, -0.2) is 0 Å². The van der Waals surface area contributed by atoms with Crippen LogP contribution in [-0.4, -0.2) is 6.04 Å². The average molecular weight is 233 g/mol. The zero-order valence-electron chi connectivity index (χ0n) is 12.0. The lowest BCUT2D eigenvalue weighted by Crippen LogP contribution is -2.27. The minimum absolute atomic E-state index is 0.240. The molecule has 0 aliphatic carbocycles. The molecule has 1 rings (SSSR count). The van der Waals surface area contributed by atoms with Crippen LogP contribution in [0.15, 0.2) is 24.3 Å². The first kappa shape index (κ1) is 14.2. The molecule has 0 saturated heterocycles. The Morgan fingerprint density at radius 1 is 1.12 bits per heavy atom. The fourth-order valence-corrected chi connectivity index (χ4v) is 2.15. The Kier molecular flexibility index (Phi) is 4.76. The molecular weight excluding hydrogens is 206 g/mol. The normalized spacial score (nSPS) is 15.6. The molecule has 0 aliphatic heterocycles. The summed E-state index contributed by atoms with van der Waals surface area (Å²) < 4.78 is 0. The third-order valence-electron chi connectivity index (χ3n) is 3.59. The Morgan fingerprint density at radius 2 is 1.65 bits per heavy atom. The van der Waals surface area contributed by atoms with Crippen molar-refractivity contribution >= 4 is 0 Å². The zero-order valence-corrected chi connectivity index (χ0v) is 12.0. The first-order chi connectivity index (χ1) is 7.84. The SMILES string of the molecule is CCC(Cc1ccc(C(C)(C)C)cc1)C(C)N. The van der Waals surface area contributed by atoms with Crippen LogP contribution in [0.3, 0.4) is 0 Å². The highest BCUT2D eigenvalue weighted by molar-refractivity contribution is 5.27. The third kappa shape index (κ3) is 4.16. The van der Waals surface area contributed by atoms with E-state index in [0.717, 1.165) is 12.8 Å². The quantitative estimate of drug-likeness (QED) is 0.838. The molecule has 1 aromatic carbocycles. The van der Waals surface area contributed by atoms with Crippen LogP contribution < -0.4 is 5.73 Å². The lowest BCUT2D eigenvalue weighted by molar-refractivity contribution is 0.427. The van der Waals surface area contributed by atoms with Gasteiger partial charge in [-0.1, -0.05) is 58.4 Å². The number of benzene rings is 1. The number of hydrogen-bond donors (Lipinski definition) is 1. The van der Waals surface area contributed by atoms with Gasteiger partial charge in [0.1, 0.15) is 0 Å². The molecule has 17 heavy (non-hydrogen) atoms. The molecule has 0 amide bonds. The van der Waals surface area contributed by atoms with Gasteiger partial charge in [0, 0.05) is 6.04 Å². The van der Waals surface area contributed by atoms with E-state index in [0.29, 0.717) is 5.92 Å². The first-order valence-electron chi connectivity index (χ1n) is 6.69. The van der Waals surface area contributed by atoms with Gasteiger partial charge in [0.2, 0.25) is 0 Å². The van der Waals surface area contributed by atoms with Gasteiger partial charge in [0.05, 0.1) is 0 Å². The highest BCUT2D eigenvalue weighted by Crippen LogP contribution is 2.23. The van der Waals surface area contributed by atoms with Crippen molar-refractivity contribution in [3.8, 4) is 0 Å². The van der Waals surface area contributed by atoms with Gasteiger partial charge in [-0.05, 0) is 35.8 Å². The average Bonchev–Trinajstić information content (AvgIpc) is 2.25. The van der Waals surface area contributed by atoms with Crippen molar-refractivity contribution in [1.29, 1.82) is 0 Å². The Bertz CT molecular complexity index is 330. The monoisotopic (exact) mass is 233 g/mol. The lowest BCUT2D eigenvalue weighted by atomic mass is 9.85. The van der Waals surface area contributed by atoms with Gasteiger partial charge in [-0.3, -0.25) is 0 Å². The molecule has 0 aromatic heterocycles. The van der Waals surface area contributed by atoms with E-state index in [1.165, 1.54) is 11.1 Å². The van der Waals surface area contributed by atoms with Crippen molar-refractivity contribution in [3.05, 3.63) is 35.4 Å². The van der Waals surface area contributed by atoms with Gasteiger partial charge < -0.3 is 5.73 Å². The summed E-state index contributed by atoms with van der Waals surface area (Å²) in [6.45, 7) is 11.1. The summed E-state index contributed by atoms with van der Waals surface area (Å²) >= 11 is 0. The van der Waals surface area contributed by atoms with Gasteiger partial charge in [-0.2, -0.15) is 0 Å². The highest BCUT2D eigenvalue weighted by atomic mass is 14.6. The molecule has 0 aliphatic rings. The van der Waals surface area contributed by atoms with E-state index in [-0.39, 0.29) is 11.5 Å². The second-order valence-electron chi connectivity index (χ2n) is 6.18. The second-order valence-corrected chi connectivity index (χ2v) is 6.18. The van der Waals surface area contributed by atoms with E-state index in [2.05, 4.69) is 58.9 Å². The van der Waals surface area contributed by atoms with Crippen molar-refractivity contribution < 1.29 is 0 Å². The summed E-state index contributed by atoms with van der Waals surface area (Å²) in [5.74, 6) is 0.593. The standard InChI is InChI=1S/C16H27N/c1-6-14(12(2)17)11-13-7-9-15(10-8-13)16(3,4)5/h7-10,12,14H,6,11,17H2,1-5H3. The van der Waals surface area contributed by atoms with E-state index >= 15 is 0 Å². The van der Waals surface area contributed by atoms with E-state index in [1.807, 2.05) is 0 Å². The lowest BCUT2D eigenvalue weighted by Gasteiger charge is -2.21. The molecule has 0 saturated carbocycles. The second kappa shape index (κ2) is 5.68. The predicted molar refractivity (Wildman–Crippen MR) is 76.3 cm³/mol. The van der Waals surface area contributed by atoms with Crippen LogP contribution in [0.4, 0.5) is 0 Å². The van der Waals surface area contributed by atoms with Gasteiger partial charge in [-0.15, -0.1) is 0 Å². The fraction of sp³-hybridized carbons (Fsp3) is 0.625. The molecule has 0 spiro atoms. The van der Waals surface area contributed by atoms with Gasteiger partial charge >= 0.3 is 0 Å². The van der Waals surface area contributed by atoms with Crippen molar-refractivity contribution in [2.45, 2.75) is 58.9 Å². The molecule has 1 nitrogen and oxygen atoms in total. The highest BCUT2D eigenvalue weighted by Gasteiger charge is 2.15. The maximum absolute atomic E-state index is 5.99. The largest absolute Gasteiger partial charge is 0.328 e. The van der Waals surface area contributed by atoms with Crippen LogP contribution >= 0.6 is 0 Å². The van der Waals surface area contributed by atoms with Crippen molar-refractivity contribution in [1.82, 2.24) is 0 Å². The maximum atomic E-state index is 5.99. The molecule has 0 bridgehead atoms. The smallest absolute Gasteiger partial charge is 0.00418 e. The summed E-state index contributed by atoms with van der Waals surface area (Å²) in [5, 5.41) is 0. The molecule has 1 heteroatoms.